The average molecular weight is 492 g/mol. The van der Waals surface area contributed by atoms with E-state index in [0.717, 1.165) is 37.2 Å². The normalized spacial score (nSPS) is 18.1. The third-order valence-corrected chi connectivity index (χ3v) is 6.96. The van der Waals surface area contributed by atoms with Crippen LogP contribution >= 0.6 is 0 Å². The number of piperazine rings is 2. The van der Waals surface area contributed by atoms with Crippen molar-refractivity contribution in [2.45, 2.75) is 19.4 Å². The van der Waals surface area contributed by atoms with Gasteiger partial charge in [-0.3, -0.25) is 14.9 Å². The van der Waals surface area contributed by atoms with E-state index in [2.05, 4.69) is 15.5 Å². The fourth-order valence-electron chi connectivity index (χ4n) is 4.72. The number of nitrogens with one attached hydrogen (secondary N) is 2. The fraction of sp³-hybridized carbons (Fsp3) is 0.444. The van der Waals surface area contributed by atoms with Gasteiger partial charge < -0.3 is 24.8 Å². The highest BCUT2D eigenvalue weighted by Crippen LogP contribution is 2.33. The van der Waals surface area contributed by atoms with E-state index in [1.165, 1.54) is 0 Å². The van der Waals surface area contributed by atoms with Crippen LogP contribution in [0.3, 0.4) is 0 Å². The zero-order valence-electron chi connectivity index (χ0n) is 20.4. The molecule has 3 aliphatic rings. The maximum absolute atomic E-state index is 13.1. The van der Waals surface area contributed by atoms with Gasteiger partial charge in [-0.2, -0.15) is 0 Å². The molecule has 2 N–H and O–H groups in total. The van der Waals surface area contributed by atoms with Gasteiger partial charge in [0.25, 0.3) is 5.91 Å². The van der Waals surface area contributed by atoms with Gasteiger partial charge in [-0.1, -0.05) is 30.3 Å². The molecule has 0 radical (unpaired) electrons. The maximum Gasteiger partial charge on any atom is 0.412 e. The van der Waals surface area contributed by atoms with Crippen LogP contribution in [0.15, 0.2) is 48.5 Å². The van der Waals surface area contributed by atoms with E-state index in [1.807, 2.05) is 52.3 Å². The number of anilines is 2. The zero-order valence-corrected chi connectivity index (χ0v) is 20.4. The molecule has 2 aliphatic heterocycles. The molecular weight excluding hydrogens is 458 g/mol. The number of carbonyl (C=O) groups excluding carboxylic acids is 3. The minimum Gasteiger partial charge on any atom is -0.444 e. The summed E-state index contributed by atoms with van der Waals surface area (Å²) in [6.07, 6.45) is 1.43. The summed E-state index contributed by atoms with van der Waals surface area (Å²) in [4.78, 5) is 44.2. The largest absolute Gasteiger partial charge is 0.444 e. The molecule has 0 bridgehead atoms. The molecule has 0 atom stereocenters. The Morgan fingerprint density at radius 3 is 2.31 bits per heavy atom. The first kappa shape index (κ1) is 24.1. The molecule has 5 rings (SSSR count). The summed E-state index contributed by atoms with van der Waals surface area (Å²) in [6.45, 7) is 5.62. The van der Waals surface area contributed by atoms with E-state index < -0.39 is 6.09 Å². The van der Waals surface area contributed by atoms with Crippen LogP contribution in [0.5, 0.6) is 0 Å². The Hall–Kier alpha value is -3.59. The summed E-state index contributed by atoms with van der Waals surface area (Å²) in [7, 11) is 0. The van der Waals surface area contributed by atoms with E-state index in [0.29, 0.717) is 50.5 Å². The van der Waals surface area contributed by atoms with Gasteiger partial charge in [-0.05, 0) is 36.6 Å². The van der Waals surface area contributed by atoms with Gasteiger partial charge in [0.15, 0.2) is 0 Å². The van der Waals surface area contributed by atoms with Crippen LogP contribution in [0.4, 0.5) is 16.2 Å². The van der Waals surface area contributed by atoms with Crippen molar-refractivity contribution in [1.29, 1.82) is 0 Å². The topological polar surface area (TPSA) is 94.2 Å². The molecule has 36 heavy (non-hydrogen) atoms. The quantitative estimate of drug-likeness (QED) is 0.645. The smallest absolute Gasteiger partial charge is 0.412 e. The predicted octanol–water partition coefficient (Wildman–Crippen LogP) is 2.54. The van der Waals surface area contributed by atoms with Crippen LogP contribution in [-0.4, -0.2) is 80.1 Å². The number of amides is 3. The second kappa shape index (κ2) is 11.0. The lowest BCUT2D eigenvalue weighted by molar-refractivity contribution is -0.132. The van der Waals surface area contributed by atoms with Gasteiger partial charge in [0.1, 0.15) is 6.61 Å². The van der Waals surface area contributed by atoms with E-state index in [-0.39, 0.29) is 24.3 Å². The second-order valence-electron chi connectivity index (χ2n) is 9.55. The molecule has 1 saturated carbocycles. The molecule has 1 aliphatic carbocycles. The third-order valence-electron chi connectivity index (χ3n) is 6.96. The molecule has 0 spiro atoms. The molecule has 0 aromatic heterocycles. The summed E-state index contributed by atoms with van der Waals surface area (Å²) in [5, 5.41) is 6.13. The van der Waals surface area contributed by atoms with Crippen LogP contribution in [-0.2, 0) is 16.1 Å². The number of hydrogen-bond acceptors (Lipinski definition) is 6. The van der Waals surface area contributed by atoms with Gasteiger partial charge in [0.05, 0.1) is 11.4 Å². The average Bonchev–Trinajstić information content (AvgIpc) is 3.78. The summed E-state index contributed by atoms with van der Waals surface area (Å²) in [5.41, 5.74) is 2.78. The summed E-state index contributed by atoms with van der Waals surface area (Å²) in [5.74, 6) is 0.418. The highest BCUT2D eigenvalue weighted by atomic mass is 16.5. The summed E-state index contributed by atoms with van der Waals surface area (Å²) >= 11 is 0. The number of benzene rings is 2. The molecule has 2 aromatic rings. The molecule has 3 amide bonds. The number of hydrogen-bond donors (Lipinski definition) is 2. The molecule has 9 heteroatoms. The van der Waals surface area contributed by atoms with E-state index >= 15 is 0 Å². The van der Waals surface area contributed by atoms with Crippen molar-refractivity contribution in [2.75, 3.05) is 62.6 Å². The van der Waals surface area contributed by atoms with Crippen molar-refractivity contribution >= 4 is 29.3 Å². The number of carbonyl (C=O) groups is 3. The Morgan fingerprint density at radius 1 is 0.889 bits per heavy atom. The third kappa shape index (κ3) is 5.79. The Labute approximate surface area is 211 Å². The Bertz CT molecular complexity index is 1090. The molecule has 190 valence electrons. The minimum atomic E-state index is -0.575. The molecule has 0 unspecified atom stereocenters. The minimum absolute atomic E-state index is 0.0522. The maximum atomic E-state index is 13.1. The van der Waals surface area contributed by atoms with Gasteiger partial charge in [0.2, 0.25) is 5.91 Å². The molecule has 2 aromatic carbocycles. The SMILES string of the molecule is O=C(Nc1cc(C(=O)N2CCNCC2)ccc1N1CCN(C(=O)C2CC2)CC1)OCc1ccccc1. The number of rotatable bonds is 6. The molecule has 2 saturated heterocycles. The van der Waals surface area contributed by atoms with Crippen LogP contribution in [0, 0.1) is 5.92 Å². The summed E-state index contributed by atoms with van der Waals surface area (Å²) < 4.78 is 5.45. The monoisotopic (exact) mass is 491 g/mol. The Kier molecular flexibility index (Phi) is 7.36. The molecule has 3 fully saturated rings. The van der Waals surface area contributed by atoms with Gasteiger partial charge in [0, 0.05) is 63.8 Å². The Morgan fingerprint density at radius 2 is 1.61 bits per heavy atom. The van der Waals surface area contributed by atoms with Crippen molar-refractivity contribution in [2.24, 2.45) is 5.92 Å². The lowest BCUT2D eigenvalue weighted by Gasteiger charge is -2.37. The molecule has 9 nitrogen and oxygen atoms in total. The fourth-order valence-corrected chi connectivity index (χ4v) is 4.72. The predicted molar refractivity (Wildman–Crippen MR) is 137 cm³/mol. The molecule has 2 heterocycles. The number of ether oxygens (including phenoxy) is 1. The zero-order chi connectivity index (χ0) is 24.9. The van der Waals surface area contributed by atoms with Crippen molar-refractivity contribution in [3.05, 3.63) is 59.7 Å². The van der Waals surface area contributed by atoms with Gasteiger partial charge in [-0.25, -0.2) is 4.79 Å². The van der Waals surface area contributed by atoms with Crippen molar-refractivity contribution in [3.63, 3.8) is 0 Å². The number of nitrogens with zero attached hydrogens (tertiary/aromatic N) is 3. The highest BCUT2D eigenvalue weighted by molar-refractivity contribution is 5.98. The lowest BCUT2D eigenvalue weighted by atomic mass is 10.1. The van der Waals surface area contributed by atoms with Crippen LogP contribution in [0.1, 0.15) is 28.8 Å². The summed E-state index contributed by atoms with van der Waals surface area (Å²) in [6, 6.07) is 14.9. The van der Waals surface area contributed by atoms with E-state index in [9.17, 15) is 14.4 Å². The lowest BCUT2D eigenvalue weighted by Crippen LogP contribution is -2.49. The van der Waals surface area contributed by atoms with Crippen molar-refractivity contribution in [3.8, 4) is 0 Å². The van der Waals surface area contributed by atoms with Crippen molar-refractivity contribution < 1.29 is 19.1 Å². The van der Waals surface area contributed by atoms with Gasteiger partial charge >= 0.3 is 6.09 Å². The Balaban J connectivity index is 1.31. The van der Waals surface area contributed by atoms with Crippen LogP contribution < -0.4 is 15.5 Å². The first-order valence-electron chi connectivity index (χ1n) is 12.7. The highest BCUT2D eigenvalue weighted by Gasteiger charge is 2.35. The van der Waals surface area contributed by atoms with E-state index in [1.54, 1.807) is 6.07 Å². The van der Waals surface area contributed by atoms with E-state index in [4.69, 9.17) is 4.74 Å². The standard InChI is InChI=1S/C27H33N5O4/c33-25(21-6-7-21)32-16-14-30(15-17-32)24-9-8-22(26(34)31-12-10-28-11-13-31)18-23(24)29-27(35)36-19-20-4-2-1-3-5-20/h1-5,8-9,18,21,28H,6-7,10-17,19H2,(H,29,35). The first-order chi connectivity index (χ1) is 17.6. The second-order valence-corrected chi connectivity index (χ2v) is 9.55. The van der Waals surface area contributed by atoms with Crippen LogP contribution in [0.25, 0.3) is 0 Å². The van der Waals surface area contributed by atoms with Crippen LogP contribution in [0.2, 0.25) is 0 Å². The van der Waals surface area contributed by atoms with Gasteiger partial charge in [-0.15, -0.1) is 0 Å². The molecular formula is C27H33N5O4. The first-order valence-corrected chi connectivity index (χ1v) is 12.7. The van der Waals surface area contributed by atoms with Crippen molar-refractivity contribution in [1.82, 2.24) is 15.1 Å².